The zero-order valence-electron chi connectivity index (χ0n) is 9.15. The summed E-state index contributed by atoms with van der Waals surface area (Å²) in [5.41, 5.74) is 0. The van der Waals surface area contributed by atoms with Gasteiger partial charge in [0.05, 0.1) is 5.88 Å². The summed E-state index contributed by atoms with van der Waals surface area (Å²) >= 11 is 6.71. The van der Waals surface area contributed by atoms with Gasteiger partial charge in [0.2, 0.25) is 0 Å². The van der Waals surface area contributed by atoms with Crippen LogP contribution in [-0.2, 0) is 5.88 Å². The predicted molar refractivity (Wildman–Crippen MR) is 62.7 cm³/mol. The van der Waals surface area contributed by atoms with Gasteiger partial charge in [0.25, 0.3) is 5.19 Å². The molecule has 19 heavy (non-hydrogen) atoms. The van der Waals surface area contributed by atoms with Gasteiger partial charge in [0, 0.05) is 0 Å². The maximum absolute atomic E-state index is 11.9. The van der Waals surface area contributed by atoms with Crippen LogP contribution in [0.1, 0.15) is 5.01 Å². The second-order valence-electron chi connectivity index (χ2n) is 3.22. The quantitative estimate of drug-likeness (QED) is 0.802. The molecule has 102 valence electrons. The van der Waals surface area contributed by atoms with Gasteiger partial charge in [-0.15, -0.1) is 29.9 Å². The molecule has 0 aliphatic rings. The highest BCUT2D eigenvalue weighted by molar-refractivity contribution is 7.13. The van der Waals surface area contributed by atoms with Gasteiger partial charge in [-0.2, -0.15) is 0 Å². The third-order valence-corrected chi connectivity index (χ3v) is 3.04. The molecule has 0 unspecified atom stereocenters. The van der Waals surface area contributed by atoms with E-state index in [0.29, 0.717) is 10.8 Å². The van der Waals surface area contributed by atoms with Gasteiger partial charge in [0.15, 0.2) is 0 Å². The summed E-state index contributed by atoms with van der Waals surface area (Å²) in [6.07, 6.45) is -4.71. The molecule has 0 radical (unpaired) electrons. The Morgan fingerprint density at radius 1 is 1.11 bits per heavy atom. The first-order valence-electron chi connectivity index (χ1n) is 4.88. The van der Waals surface area contributed by atoms with E-state index in [2.05, 4.69) is 14.9 Å². The van der Waals surface area contributed by atoms with Crippen LogP contribution in [0.15, 0.2) is 24.3 Å². The van der Waals surface area contributed by atoms with E-state index in [1.54, 1.807) is 0 Å². The molecule has 0 aliphatic carbocycles. The molecule has 0 aliphatic heterocycles. The van der Waals surface area contributed by atoms with E-state index in [4.69, 9.17) is 16.3 Å². The van der Waals surface area contributed by atoms with E-state index in [0.717, 1.165) is 23.5 Å². The smallest absolute Gasteiger partial charge is 0.430 e. The highest BCUT2D eigenvalue weighted by atomic mass is 35.5. The van der Waals surface area contributed by atoms with Crippen LogP contribution in [0, 0.1) is 0 Å². The molecule has 1 aromatic carbocycles. The highest BCUT2D eigenvalue weighted by Crippen LogP contribution is 2.28. The van der Waals surface area contributed by atoms with E-state index < -0.39 is 6.36 Å². The average Bonchev–Trinajstić information content (AvgIpc) is 2.77. The molecule has 2 rings (SSSR count). The van der Waals surface area contributed by atoms with Crippen molar-refractivity contribution in [3.05, 3.63) is 29.3 Å². The molecule has 0 spiro atoms. The van der Waals surface area contributed by atoms with Gasteiger partial charge in [-0.1, -0.05) is 16.4 Å². The number of benzene rings is 1. The number of ether oxygens (including phenoxy) is 2. The van der Waals surface area contributed by atoms with Crippen molar-refractivity contribution in [3.63, 3.8) is 0 Å². The molecule has 0 saturated carbocycles. The topological polar surface area (TPSA) is 44.2 Å². The van der Waals surface area contributed by atoms with Gasteiger partial charge in [-0.3, -0.25) is 0 Å². The van der Waals surface area contributed by atoms with E-state index >= 15 is 0 Å². The number of alkyl halides is 4. The lowest BCUT2D eigenvalue weighted by atomic mass is 10.3. The molecule has 4 nitrogen and oxygen atoms in total. The van der Waals surface area contributed by atoms with Crippen molar-refractivity contribution in [1.82, 2.24) is 10.2 Å². The summed E-state index contributed by atoms with van der Waals surface area (Å²) in [4.78, 5) is 0. The van der Waals surface area contributed by atoms with Crippen molar-refractivity contribution < 1.29 is 22.6 Å². The Balaban J connectivity index is 2.02. The van der Waals surface area contributed by atoms with Crippen LogP contribution >= 0.6 is 22.9 Å². The number of rotatable bonds is 4. The molecule has 1 aromatic heterocycles. The fourth-order valence-electron chi connectivity index (χ4n) is 1.14. The van der Waals surface area contributed by atoms with Gasteiger partial charge in [0.1, 0.15) is 16.5 Å². The zero-order valence-corrected chi connectivity index (χ0v) is 10.7. The van der Waals surface area contributed by atoms with E-state index in [-0.39, 0.29) is 16.8 Å². The van der Waals surface area contributed by atoms with Crippen molar-refractivity contribution in [2.45, 2.75) is 12.2 Å². The Morgan fingerprint density at radius 2 is 1.74 bits per heavy atom. The summed E-state index contributed by atoms with van der Waals surface area (Å²) in [6.45, 7) is 0. The summed E-state index contributed by atoms with van der Waals surface area (Å²) < 4.78 is 44.9. The van der Waals surface area contributed by atoms with Gasteiger partial charge < -0.3 is 9.47 Å². The van der Waals surface area contributed by atoms with Crippen LogP contribution in [0.25, 0.3) is 0 Å². The summed E-state index contributed by atoms with van der Waals surface area (Å²) in [5.74, 6) is 0.227. The Morgan fingerprint density at radius 3 is 2.26 bits per heavy atom. The van der Waals surface area contributed by atoms with Crippen molar-refractivity contribution in [1.29, 1.82) is 0 Å². The number of hydrogen-bond acceptors (Lipinski definition) is 5. The van der Waals surface area contributed by atoms with Crippen LogP contribution in [0.3, 0.4) is 0 Å². The van der Waals surface area contributed by atoms with Crippen LogP contribution < -0.4 is 9.47 Å². The summed E-state index contributed by atoms with van der Waals surface area (Å²) in [5, 5.41) is 8.31. The molecule has 1 heterocycles. The predicted octanol–water partition coefficient (Wildman–Crippen LogP) is 3.97. The van der Waals surface area contributed by atoms with E-state index in [9.17, 15) is 13.2 Å². The minimum absolute atomic E-state index is 0.222. The standard InChI is InChI=1S/C10H6ClF3N2O2S/c11-5-8-15-16-9(19-8)17-6-1-3-7(4-2-6)18-10(12,13)14/h1-4H,5H2. The fourth-order valence-corrected chi connectivity index (χ4v) is 1.92. The monoisotopic (exact) mass is 310 g/mol. The lowest BCUT2D eigenvalue weighted by Crippen LogP contribution is -2.16. The Bertz CT molecular complexity index is 544. The molecule has 2 aromatic rings. The lowest BCUT2D eigenvalue weighted by molar-refractivity contribution is -0.274. The van der Waals surface area contributed by atoms with Crippen LogP contribution in [0.4, 0.5) is 13.2 Å². The molecule has 0 fully saturated rings. The van der Waals surface area contributed by atoms with Crippen LogP contribution in [0.5, 0.6) is 16.7 Å². The molecular formula is C10H6ClF3N2O2S. The second kappa shape index (κ2) is 5.62. The maximum atomic E-state index is 11.9. The summed E-state index contributed by atoms with van der Waals surface area (Å²) in [6, 6.07) is 4.96. The molecule has 0 amide bonds. The van der Waals surface area contributed by atoms with Crippen molar-refractivity contribution in [2.24, 2.45) is 0 Å². The van der Waals surface area contributed by atoms with E-state index in [1.807, 2.05) is 0 Å². The Labute approximate surface area is 114 Å². The largest absolute Gasteiger partial charge is 0.573 e. The van der Waals surface area contributed by atoms with Gasteiger partial charge in [-0.05, 0) is 24.3 Å². The SMILES string of the molecule is FC(F)(F)Oc1ccc(Oc2nnc(CCl)s2)cc1. The van der Waals surface area contributed by atoms with Crippen molar-refractivity contribution in [2.75, 3.05) is 0 Å². The van der Waals surface area contributed by atoms with Gasteiger partial charge in [-0.25, -0.2) is 0 Å². The minimum atomic E-state index is -4.71. The molecular weight excluding hydrogens is 305 g/mol. The third-order valence-electron chi connectivity index (χ3n) is 1.83. The Hall–Kier alpha value is -1.54. The van der Waals surface area contributed by atoms with Crippen LogP contribution in [-0.4, -0.2) is 16.6 Å². The zero-order chi connectivity index (χ0) is 13.9. The number of nitrogens with zero attached hydrogens (tertiary/aromatic N) is 2. The second-order valence-corrected chi connectivity index (χ2v) is 4.51. The van der Waals surface area contributed by atoms with E-state index in [1.165, 1.54) is 12.1 Å². The number of halogens is 4. The molecule has 0 atom stereocenters. The van der Waals surface area contributed by atoms with Crippen molar-refractivity contribution in [3.8, 4) is 16.7 Å². The molecule has 0 bridgehead atoms. The first-order valence-corrected chi connectivity index (χ1v) is 6.23. The summed E-state index contributed by atoms with van der Waals surface area (Å²) in [7, 11) is 0. The number of aromatic nitrogens is 2. The minimum Gasteiger partial charge on any atom is -0.430 e. The lowest BCUT2D eigenvalue weighted by Gasteiger charge is -2.08. The Kier molecular flexibility index (Phi) is 4.11. The molecule has 0 saturated heterocycles. The van der Waals surface area contributed by atoms with Gasteiger partial charge >= 0.3 is 6.36 Å². The average molecular weight is 311 g/mol. The third kappa shape index (κ3) is 4.25. The molecule has 9 heteroatoms. The fraction of sp³-hybridized carbons (Fsp3) is 0.200. The normalized spacial score (nSPS) is 11.4. The maximum Gasteiger partial charge on any atom is 0.573 e. The molecule has 0 N–H and O–H groups in total. The number of hydrogen-bond donors (Lipinski definition) is 0. The first-order chi connectivity index (χ1) is 8.96. The first kappa shape index (κ1) is 13.9. The van der Waals surface area contributed by atoms with Crippen LogP contribution in [0.2, 0.25) is 0 Å². The van der Waals surface area contributed by atoms with Crippen molar-refractivity contribution >= 4 is 22.9 Å². The highest BCUT2D eigenvalue weighted by Gasteiger charge is 2.30.